The Kier molecular flexibility index (Phi) is 4.23. The molecule has 9 heteroatoms. The summed E-state index contributed by atoms with van der Waals surface area (Å²) in [5.74, 6) is 1.25. The highest BCUT2D eigenvalue weighted by molar-refractivity contribution is 6.31. The van der Waals surface area contributed by atoms with Crippen LogP contribution in [0.25, 0.3) is 5.69 Å². The van der Waals surface area contributed by atoms with Crippen molar-refractivity contribution in [2.75, 3.05) is 31.1 Å². The van der Waals surface area contributed by atoms with E-state index in [9.17, 15) is 9.59 Å². The van der Waals surface area contributed by atoms with Gasteiger partial charge < -0.3 is 4.90 Å². The summed E-state index contributed by atoms with van der Waals surface area (Å²) in [6, 6.07) is 5.43. The maximum absolute atomic E-state index is 13.1. The molecule has 0 atom stereocenters. The molecular formula is C19H21ClN6O2. The van der Waals surface area contributed by atoms with Gasteiger partial charge in [-0.15, -0.1) is 5.10 Å². The predicted molar refractivity (Wildman–Crippen MR) is 107 cm³/mol. The molecular weight excluding hydrogens is 380 g/mol. The van der Waals surface area contributed by atoms with Crippen molar-refractivity contribution in [3.8, 4) is 5.69 Å². The molecule has 0 spiro atoms. The van der Waals surface area contributed by atoms with Gasteiger partial charge in [0.15, 0.2) is 0 Å². The quantitative estimate of drug-likeness (QED) is 0.768. The number of fused-ring (bicyclic) bond motifs is 6. The summed E-state index contributed by atoms with van der Waals surface area (Å²) in [5.41, 5.74) is 1.19. The fourth-order valence-corrected chi connectivity index (χ4v) is 4.35. The zero-order chi connectivity index (χ0) is 19.3. The van der Waals surface area contributed by atoms with Crippen LogP contribution in [0.1, 0.15) is 31.2 Å². The fraction of sp³-hybridized carbons (Fsp3) is 0.474. The van der Waals surface area contributed by atoms with Crippen LogP contribution in [-0.4, -0.2) is 57.2 Å². The fourth-order valence-electron chi connectivity index (χ4n) is 4.18. The van der Waals surface area contributed by atoms with Gasteiger partial charge in [-0.25, -0.2) is 14.0 Å². The Morgan fingerprint density at radius 2 is 1.89 bits per heavy atom. The van der Waals surface area contributed by atoms with Gasteiger partial charge in [0.25, 0.3) is 0 Å². The number of nitrogens with zero attached hydrogens (tertiary/aromatic N) is 6. The molecule has 0 N–H and O–H groups in total. The average Bonchev–Trinajstić information content (AvgIpc) is 3.17. The molecule has 1 aromatic heterocycles. The Morgan fingerprint density at radius 3 is 2.68 bits per heavy atom. The second-order valence-corrected chi connectivity index (χ2v) is 7.83. The first-order valence-electron chi connectivity index (χ1n) is 9.73. The summed E-state index contributed by atoms with van der Waals surface area (Å²) in [6.07, 6.45) is 4.33. The third kappa shape index (κ3) is 2.74. The van der Waals surface area contributed by atoms with E-state index in [1.807, 2.05) is 15.9 Å². The molecule has 28 heavy (non-hydrogen) atoms. The molecule has 0 aliphatic carbocycles. The van der Waals surface area contributed by atoms with Crippen molar-refractivity contribution >= 4 is 29.3 Å². The summed E-state index contributed by atoms with van der Waals surface area (Å²) < 4.78 is 2.82. The third-order valence-corrected chi connectivity index (χ3v) is 5.82. The van der Waals surface area contributed by atoms with Crippen LogP contribution in [0.15, 0.2) is 28.0 Å². The molecule has 0 bridgehead atoms. The number of amidine groups is 1. The first-order chi connectivity index (χ1) is 13.6. The molecule has 2 aromatic rings. The van der Waals surface area contributed by atoms with Crippen molar-refractivity contribution in [1.29, 1.82) is 0 Å². The highest BCUT2D eigenvalue weighted by atomic mass is 35.5. The van der Waals surface area contributed by atoms with E-state index < -0.39 is 0 Å². The number of anilines is 1. The molecule has 0 saturated carbocycles. The summed E-state index contributed by atoms with van der Waals surface area (Å²) in [4.78, 5) is 34.3. The van der Waals surface area contributed by atoms with Crippen LogP contribution >= 0.6 is 11.6 Å². The summed E-state index contributed by atoms with van der Waals surface area (Å²) in [6.45, 7) is 2.76. The maximum atomic E-state index is 13.1. The first-order valence-corrected chi connectivity index (χ1v) is 10.1. The Morgan fingerprint density at radius 1 is 1.11 bits per heavy atom. The minimum Gasteiger partial charge on any atom is -0.341 e. The van der Waals surface area contributed by atoms with Gasteiger partial charge in [0.2, 0.25) is 11.9 Å². The molecule has 3 aliphatic heterocycles. The van der Waals surface area contributed by atoms with Crippen molar-refractivity contribution in [1.82, 2.24) is 19.2 Å². The van der Waals surface area contributed by atoms with Gasteiger partial charge >= 0.3 is 5.69 Å². The minimum absolute atomic E-state index is 0.0466. The van der Waals surface area contributed by atoms with Crippen molar-refractivity contribution in [2.24, 2.45) is 4.99 Å². The van der Waals surface area contributed by atoms with Crippen molar-refractivity contribution in [3.63, 3.8) is 0 Å². The smallest absolute Gasteiger partial charge is 0.341 e. The van der Waals surface area contributed by atoms with Crippen LogP contribution in [0.5, 0.6) is 0 Å². The van der Waals surface area contributed by atoms with Gasteiger partial charge in [0.05, 0.1) is 12.2 Å². The van der Waals surface area contributed by atoms with Gasteiger partial charge in [-0.3, -0.25) is 14.7 Å². The van der Waals surface area contributed by atoms with E-state index in [0.29, 0.717) is 29.7 Å². The van der Waals surface area contributed by atoms with Crippen molar-refractivity contribution < 1.29 is 4.79 Å². The van der Waals surface area contributed by atoms with Crippen molar-refractivity contribution in [2.45, 2.75) is 32.2 Å². The number of rotatable bonds is 2. The van der Waals surface area contributed by atoms with Crippen molar-refractivity contribution in [3.05, 3.63) is 39.3 Å². The molecule has 5 rings (SSSR count). The Bertz CT molecular complexity index is 1030. The number of carbonyl (C=O) groups is 1. The van der Waals surface area contributed by atoms with Crippen LogP contribution in [0.4, 0.5) is 5.95 Å². The molecule has 1 aromatic carbocycles. The van der Waals surface area contributed by atoms with E-state index in [1.54, 1.807) is 16.7 Å². The molecule has 1 amide bonds. The van der Waals surface area contributed by atoms with Crippen LogP contribution in [0.2, 0.25) is 5.02 Å². The summed E-state index contributed by atoms with van der Waals surface area (Å²) >= 11 is 6.19. The number of hydrogen-bond donors (Lipinski definition) is 0. The number of halogens is 1. The lowest BCUT2D eigenvalue weighted by Gasteiger charge is -2.26. The molecule has 0 unspecified atom stereocenters. The van der Waals surface area contributed by atoms with Gasteiger partial charge in [-0.05, 0) is 31.0 Å². The van der Waals surface area contributed by atoms with Crippen LogP contribution < -0.4 is 10.6 Å². The molecule has 3 aliphatic rings. The lowest BCUT2D eigenvalue weighted by molar-refractivity contribution is -0.132. The predicted octanol–water partition coefficient (Wildman–Crippen LogP) is 1.67. The summed E-state index contributed by atoms with van der Waals surface area (Å²) in [7, 11) is 0. The number of aliphatic imine (C=N–C) groups is 1. The van der Waals surface area contributed by atoms with Gasteiger partial charge in [0.1, 0.15) is 12.4 Å². The molecule has 146 valence electrons. The lowest BCUT2D eigenvalue weighted by atomic mass is 10.1. The number of likely N-dealkylation sites (tertiary alicyclic amines) is 1. The second kappa shape index (κ2) is 6.77. The van der Waals surface area contributed by atoms with E-state index in [0.717, 1.165) is 50.2 Å². The number of hydrogen-bond acceptors (Lipinski definition) is 5. The molecule has 1 saturated heterocycles. The SMILES string of the molecule is O=C(Cn1nc2n(c1=O)-c1cc(Cl)ccc1C1=NCCN12)N1CCCCCC1. The highest BCUT2D eigenvalue weighted by Gasteiger charge is 2.35. The van der Waals surface area contributed by atoms with Gasteiger partial charge in [-0.2, -0.15) is 0 Å². The maximum Gasteiger partial charge on any atom is 0.352 e. The summed E-state index contributed by atoms with van der Waals surface area (Å²) in [5, 5.41) is 5.04. The lowest BCUT2D eigenvalue weighted by Crippen LogP contribution is -2.39. The zero-order valence-corrected chi connectivity index (χ0v) is 16.2. The largest absolute Gasteiger partial charge is 0.352 e. The van der Waals surface area contributed by atoms with E-state index in [4.69, 9.17) is 11.6 Å². The standard InChI is InChI=1S/C19H21ClN6O2/c20-13-5-6-14-15(11-13)26-18(24-10-7-21-17(14)24)22-25(19(26)28)12-16(27)23-8-3-1-2-4-9-23/h5-6,11H,1-4,7-10,12H2. The third-order valence-electron chi connectivity index (χ3n) is 5.59. The Labute approximate surface area is 167 Å². The molecule has 1 fully saturated rings. The second-order valence-electron chi connectivity index (χ2n) is 7.39. The van der Waals surface area contributed by atoms with Gasteiger partial charge in [-0.1, -0.05) is 24.4 Å². The van der Waals surface area contributed by atoms with E-state index in [1.165, 1.54) is 4.68 Å². The minimum atomic E-state index is -0.326. The van der Waals surface area contributed by atoms with Crippen LogP contribution in [0.3, 0.4) is 0 Å². The molecule has 4 heterocycles. The average molecular weight is 401 g/mol. The van der Waals surface area contributed by atoms with E-state index in [2.05, 4.69) is 10.1 Å². The number of amides is 1. The number of aromatic nitrogens is 3. The van der Waals surface area contributed by atoms with E-state index >= 15 is 0 Å². The van der Waals surface area contributed by atoms with Crippen LogP contribution in [0, 0.1) is 0 Å². The first kappa shape index (κ1) is 17.5. The van der Waals surface area contributed by atoms with Crippen LogP contribution in [-0.2, 0) is 11.3 Å². The molecule has 8 nitrogen and oxygen atoms in total. The topological polar surface area (TPSA) is 75.7 Å². The van der Waals surface area contributed by atoms with E-state index in [-0.39, 0.29) is 18.1 Å². The number of carbonyl (C=O) groups excluding carboxylic acids is 1. The van der Waals surface area contributed by atoms with Gasteiger partial charge in [0, 0.05) is 30.2 Å². The molecule has 0 radical (unpaired) electrons. The number of benzene rings is 1. The highest BCUT2D eigenvalue weighted by Crippen LogP contribution is 2.31. The normalized spacial score (nSPS) is 18.2. The monoisotopic (exact) mass is 400 g/mol. The Balaban J connectivity index is 1.54. The Hall–Kier alpha value is -2.61. The zero-order valence-electron chi connectivity index (χ0n) is 15.5.